The first-order chi connectivity index (χ1) is 10.1. The maximum atomic E-state index is 11.5. The molecule has 0 radical (unpaired) electrons. The zero-order chi connectivity index (χ0) is 15.2. The summed E-state index contributed by atoms with van der Waals surface area (Å²) in [7, 11) is 0. The summed E-state index contributed by atoms with van der Waals surface area (Å²) in [4.78, 5) is 15.7. The van der Waals surface area contributed by atoms with Crippen molar-refractivity contribution in [3.63, 3.8) is 0 Å². The maximum absolute atomic E-state index is 11.5. The number of hydrogen-bond donors (Lipinski definition) is 1. The van der Waals surface area contributed by atoms with E-state index in [-0.39, 0.29) is 0 Å². The first kappa shape index (κ1) is 15.7. The summed E-state index contributed by atoms with van der Waals surface area (Å²) in [6.07, 6.45) is 3.32. The minimum atomic E-state index is -0.802. The molecule has 0 fully saturated rings. The van der Waals surface area contributed by atoms with Crippen molar-refractivity contribution >= 4 is 21.9 Å². The predicted octanol–water partition coefficient (Wildman–Crippen LogP) is 2.94. The van der Waals surface area contributed by atoms with Gasteiger partial charge in [-0.25, -0.2) is 4.98 Å². The first-order valence-electron chi connectivity index (χ1n) is 6.94. The molecule has 0 spiro atoms. The van der Waals surface area contributed by atoms with E-state index in [0.29, 0.717) is 12.8 Å². The SMILES string of the molecule is CCCn1ncnc1CC(Cc1ccc(Br)cc1)C(=O)O. The van der Waals surface area contributed by atoms with Gasteiger partial charge in [0, 0.05) is 17.4 Å². The zero-order valence-electron chi connectivity index (χ0n) is 11.9. The van der Waals surface area contributed by atoms with Crippen LogP contribution in [-0.2, 0) is 24.2 Å². The van der Waals surface area contributed by atoms with Gasteiger partial charge < -0.3 is 5.11 Å². The van der Waals surface area contributed by atoms with Crippen LogP contribution in [0.2, 0.25) is 0 Å². The van der Waals surface area contributed by atoms with E-state index in [1.165, 1.54) is 6.33 Å². The normalized spacial score (nSPS) is 12.3. The van der Waals surface area contributed by atoms with Crippen LogP contribution in [0.3, 0.4) is 0 Å². The third kappa shape index (κ3) is 4.39. The highest BCUT2D eigenvalue weighted by Crippen LogP contribution is 2.17. The van der Waals surface area contributed by atoms with Crippen LogP contribution in [0, 0.1) is 5.92 Å². The summed E-state index contributed by atoms with van der Waals surface area (Å²) in [6, 6.07) is 7.73. The molecule has 112 valence electrons. The van der Waals surface area contributed by atoms with Crippen molar-refractivity contribution < 1.29 is 9.90 Å². The lowest BCUT2D eigenvalue weighted by Crippen LogP contribution is -2.21. The average Bonchev–Trinajstić information content (AvgIpc) is 2.88. The molecule has 1 N–H and O–H groups in total. The molecule has 0 saturated carbocycles. The van der Waals surface area contributed by atoms with Gasteiger partial charge in [0.15, 0.2) is 0 Å². The van der Waals surface area contributed by atoms with Gasteiger partial charge in [-0.3, -0.25) is 9.48 Å². The van der Waals surface area contributed by atoms with Gasteiger partial charge >= 0.3 is 5.97 Å². The second kappa shape index (κ2) is 7.36. The molecule has 0 bridgehead atoms. The Labute approximate surface area is 132 Å². The van der Waals surface area contributed by atoms with Crippen LogP contribution in [0.1, 0.15) is 24.7 Å². The minimum Gasteiger partial charge on any atom is -0.481 e. The lowest BCUT2D eigenvalue weighted by atomic mass is 9.96. The van der Waals surface area contributed by atoms with Gasteiger partial charge in [-0.15, -0.1) is 0 Å². The summed E-state index contributed by atoms with van der Waals surface area (Å²) >= 11 is 3.38. The lowest BCUT2D eigenvalue weighted by Gasteiger charge is -2.13. The summed E-state index contributed by atoms with van der Waals surface area (Å²) in [5, 5.41) is 13.6. The molecule has 0 saturated heterocycles. The summed E-state index contributed by atoms with van der Waals surface area (Å²) < 4.78 is 2.78. The van der Waals surface area contributed by atoms with Gasteiger partial charge in [-0.2, -0.15) is 5.10 Å². The highest BCUT2D eigenvalue weighted by molar-refractivity contribution is 9.10. The Kier molecular flexibility index (Phi) is 5.50. The number of halogens is 1. The van der Waals surface area contributed by atoms with Gasteiger partial charge in [0.05, 0.1) is 5.92 Å². The Balaban J connectivity index is 2.10. The predicted molar refractivity (Wildman–Crippen MR) is 83.0 cm³/mol. The van der Waals surface area contributed by atoms with E-state index < -0.39 is 11.9 Å². The Morgan fingerprint density at radius 3 is 2.67 bits per heavy atom. The summed E-state index contributed by atoms with van der Waals surface area (Å²) in [5.41, 5.74) is 1.01. The highest BCUT2D eigenvalue weighted by Gasteiger charge is 2.21. The maximum Gasteiger partial charge on any atom is 0.307 e. The first-order valence-corrected chi connectivity index (χ1v) is 7.73. The molecule has 1 heterocycles. The van der Waals surface area contributed by atoms with E-state index in [0.717, 1.165) is 28.8 Å². The van der Waals surface area contributed by atoms with Gasteiger partial charge in [0.2, 0.25) is 0 Å². The number of benzene rings is 1. The number of rotatable bonds is 7. The fraction of sp³-hybridized carbons (Fsp3) is 0.400. The van der Waals surface area contributed by atoms with Crippen molar-refractivity contribution in [1.29, 1.82) is 0 Å². The Hall–Kier alpha value is -1.69. The van der Waals surface area contributed by atoms with Crippen LogP contribution in [-0.4, -0.2) is 25.8 Å². The van der Waals surface area contributed by atoms with Crippen LogP contribution >= 0.6 is 15.9 Å². The monoisotopic (exact) mass is 351 g/mol. The van der Waals surface area contributed by atoms with Crippen molar-refractivity contribution in [3.05, 3.63) is 46.5 Å². The lowest BCUT2D eigenvalue weighted by molar-refractivity contribution is -0.141. The highest BCUT2D eigenvalue weighted by atomic mass is 79.9. The van der Waals surface area contributed by atoms with Crippen molar-refractivity contribution in [2.75, 3.05) is 0 Å². The number of hydrogen-bond acceptors (Lipinski definition) is 3. The van der Waals surface area contributed by atoms with Crippen LogP contribution < -0.4 is 0 Å². The third-order valence-electron chi connectivity index (χ3n) is 3.30. The van der Waals surface area contributed by atoms with E-state index in [1.807, 2.05) is 24.3 Å². The molecule has 1 unspecified atom stereocenters. The van der Waals surface area contributed by atoms with E-state index in [9.17, 15) is 9.90 Å². The molecule has 0 amide bonds. The van der Waals surface area contributed by atoms with E-state index >= 15 is 0 Å². The minimum absolute atomic E-state index is 0.394. The fourth-order valence-corrected chi connectivity index (χ4v) is 2.48. The summed E-state index contributed by atoms with van der Waals surface area (Å²) in [6.45, 7) is 2.82. The van der Waals surface area contributed by atoms with Crippen LogP contribution in [0.15, 0.2) is 35.1 Å². The number of aliphatic carboxylic acids is 1. The quantitative estimate of drug-likeness (QED) is 0.832. The molecule has 6 heteroatoms. The summed E-state index contributed by atoms with van der Waals surface area (Å²) in [5.74, 6) is -0.559. The molecular formula is C15H18BrN3O2. The molecule has 21 heavy (non-hydrogen) atoms. The van der Waals surface area contributed by atoms with Crippen LogP contribution in [0.5, 0.6) is 0 Å². The molecule has 1 atom stereocenters. The largest absolute Gasteiger partial charge is 0.481 e. The van der Waals surface area contributed by atoms with E-state index in [4.69, 9.17) is 0 Å². The average molecular weight is 352 g/mol. The van der Waals surface area contributed by atoms with Gasteiger partial charge in [0.1, 0.15) is 12.2 Å². The van der Waals surface area contributed by atoms with Gasteiger partial charge in [-0.05, 0) is 30.5 Å². The molecule has 5 nitrogen and oxygen atoms in total. The van der Waals surface area contributed by atoms with Crippen molar-refractivity contribution in [2.45, 2.75) is 32.7 Å². The van der Waals surface area contributed by atoms with E-state index in [1.54, 1.807) is 4.68 Å². The second-order valence-electron chi connectivity index (χ2n) is 4.97. The van der Waals surface area contributed by atoms with Gasteiger partial charge in [0.25, 0.3) is 0 Å². The topological polar surface area (TPSA) is 68.0 Å². The Bertz CT molecular complexity index is 595. The van der Waals surface area contributed by atoms with Gasteiger partial charge in [-0.1, -0.05) is 35.0 Å². The molecular weight excluding hydrogens is 334 g/mol. The number of carboxylic acids is 1. The smallest absolute Gasteiger partial charge is 0.307 e. The molecule has 0 aliphatic heterocycles. The zero-order valence-corrected chi connectivity index (χ0v) is 13.5. The fourth-order valence-electron chi connectivity index (χ4n) is 2.22. The molecule has 2 aromatic rings. The third-order valence-corrected chi connectivity index (χ3v) is 3.83. The number of carbonyl (C=O) groups is 1. The standard InChI is InChI=1S/C15H18BrN3O2/c1-2-7-19-14(17-10-18-19)9-12(15(20)21)8-11-3-5-13(16)6-4-11/h3-6,10,12H,2,7-9H2,1H3,(H,20,21). The van der Waals surface area contributed by atoms with Crippen molar-refractivity contribution in [1.82, 2.24) is 14.8 Å². The Morgan fingerprint density at radius 1 is 1.33 bits per heavy atom. The molecule has 0 aliphatic carbocycles. The molecule has 1 aromatic carbocycles. The Morgan fingerprint density at radius 2 is 2.05 bits per heavy atom. The number of aromatic nitrogens is 3. The van der Waals surface area contributed by atoms with Crippen molar-refractivity contribution in [2.24, 2.45) is 5.92 Å². The molecule has 2 rings (SSSR count). The molecule has 0 aliphatic rings. The second-order valence-corrected chi connectivity index (χ2v) is 5.88. The van der Waals surface area contributed by atoms with Crippen LogP contribution in [0.4, 0.5) is 0 Å². The molecule has 1 aromatic heterocycles. The number of aryl methyl sites for hydroxylation is 1. The van der Waals surface area contributed by atoms with E-state index in [2.05, 4.69) is 32.9 Å². The number of carboxylic acid groups (broad SMARTS) is 1. The van der Waals surface area contributed by atoms with Crippen LogP contribution in [0.25, 0.3) is 0 Å². The van der Waals surface area contributed by atoms with Crippen molar-refractivity contribution in [3.8, 4) is 0 Å². The number of nitrogens with zero attached hydrogens (tertiary/aromatic N) is 3.